The largest absolute Gasteiger partial charge is 0.426 e. The van der Waals surface area contributed by atoms with Crippen molar-refractivity contribution in [2.75, 3.05) is 0 Å². The summed E-state index contributed by atoms with van der Waals surface area (Å²) in [4.78, 5) is 23.2. The number of ether oxygens (including phenoxy) is 1. The monoisotopic (exact) mass is 314 g/mol. The molecule has 2 aromatic carbocycles. The third-order valence-corrected chi connectivity index (χ3v) is 3.49. The van der Waals surface area contributed by atoms with Gasteiger partial charge in [-0.1, -0.05) is 29.8 Å². The molecule has 4 nitrogen and oxygen atoms in total. The predicted octanol–water partition coefficient (Wildman–Crippen LogP) is 3.59. The highest BCUT2D eigenvalue weighted by Gasteiger charge is 2.10. The number of benzene rings is 2. The fraction of sp³-hybridized carbons (Fsp3) is 0.0588. The first kappa shape index (κ1) is 14.4. The van der Waals surface area contributed by atoms with E-state index in [0.717, 1.165) is 5.39 Å². The summed E-state index contributed by atoms with van der Waals surface area (Å²) in [6.45, 7) is 0. The van der Waals surface area contributed by atoms with E-state index >= 15 is 0 Å². The Bertz CT molecular complexity index is 898. The van der Waals surface area contributed by atoms with Crippen LogP contribution < -0.4 is 10.4 Å². The zero-order valence-corrected chi connectivity index (χ0v) is 12.2. The van der Waals surface area contributed by atoms with Crippen molar-refractivity contribution >= 4 is 28.5 Å². The minimum Gasteiger partial charge on any atom is -0.426 e. The Kier molecular flexibility index (Phi) is 3.94. The number of hydrogen-bond acceptors (Lipinski definition) is 4. The summed E-state index contributed by atoms with van der Waals surface area (Å²) in [5.41, 5.74) is 0.615. The molecule has 3 aromatic rings. The topological polar surface area (TPSA) is 56.5 Å². The van der Waals surface area contributed by atoms with E-state index in [1.165, 1.54) is 12.1 Å². The average Bonchev–Trinajstić information content (AvgIpc) is 2.49. The molecule has 0 fully saturated rings. The van der Waals surface area contributed by atoms with Crippen LogP contribution in [0, 0.1) is 0 Å². The maximum absolute atomic E-state index is 12.0. The third-order valence-electron chi connectivity index (χ3n) is 3.12. The first-order valence-electron chi connectivity index (χ1n) is 6.60. The Morgan fingerprint density at radius 1 is 1.09 bits per heavy atom. The average molecular weight is 315 g/mol. The molecule has 0 saturated carbocycles. The molecule has 1 aromatic heterocycles. The van der Waals surface area contributed by atoms with Crippen LogP contribution in [0.25, 0.3) is 11.0 Å². The molecule has 5 heteroatoms. The van der Waals surface area contributed by atoms with Crippen LogP contribution in [0.15, 0.2) is 63.8 Å². The summed E-state index contributed by atoms with van der Waals surface area (Å²) in [6, 6.07) is 15.0. The number of fused-ring (bicyclic) bond motifs is 1. The Labute approximate surface area is 130 Å². The van der Waals surface area contributed by atoms with Crippen molar-refractivity contribution < 1.29 is 13.9 Å². The van der Waals surface area contributed by atoms with Gasteiger partial charge in [-0.05, 0) is 29.8 Å². The molecule has 22 heavy (non-hydrogen) atoms. The lowest BCUT2D eigenvalue weighted by Gasteiger charge is -2.06. The highest BCUT2D eigenvalue weighted by atomic mass is 35.5. The van der Waals surface area contributed by atoms with Crippen LogP contribution in [0.2, 0.25) is 5.02 Å². The minimum absolute atomic E-state index is 0.0659. The Morgan fingerprint density at radius 3 is 2.68 bits per heavy atom. The van der Waals surface area contributed by atoms with Gasteiger partial charge in [0.05, 0.1) is 6.42 Å². The molecule has 110 valence electrons. The van der Waals surface area contributed by atoms with Crippen molar-refractivity contribution in [3.8, 4) is 5.75 Å². The van der Waals surface area contributed by atoms with Crippen molar-refractivity contribution in [3.63, 3.8) is 0 Å². The van der Waals surface area contributed by atoms with E-state index in [-0.39, 0.29) is 6.42 Å². The van der Waals surface area contributed by atoms with E-state index in [1.807, 2.05) is 0 Å². The van der Waals surface area contributed by atoms with Crippen LogP contribution in [-0.2, 0) is 11.2 Å². The molecule has 0 spiro atoms. The summed E-state index contributed by atoms with van der Waals surface area (Å²) < 4.78 is 10.3. The maximum Gasteiger partial charge on any atom is 0.336 e. The number of hydrogen-bond donors (Lipinski definition) is 0. The van der Waals surface area contributed by atoms with Gasteiger partial charge in [0.15, 0.2) is 0 Å². The molecule has 0 N–H and O–H groups in total. The van der Waals surface area contributed by atoms with Gasteiger partial charge < -0.3 is 9.15 Å². The molecular weight excluding hydrogens is 304 g/mol. The van der Waals surface area contributed by atoms with E-state index in [9.17, 15) is 9.59 Å². The lowest BCUT2D eigenvalue weighted by Crippen LogP contribution is -2.11. The lowest BCUT2D eigenvalue weighted by atomic mass is 10.1. The molecule has 0 unspecified atom stereocenters. The summed E-state index contributed by atoms with van der Waals surface area (Å²) in [5, 5.41) is 1.27. The van der Waals surface area contributed by atoms with Gasteiger partial charge in [0.1, 0.15) is 11.3 Å². The molecule has 3 rings (SSSR count). The lowest BCUT2D eigenvalue weighted by molar-refractivity contribution is -0.133. The molecule has 0 amide bonds. The zero-order valence-electron chi connectivity index (χ0n) is 11.4. The smallest absolute Gasteiger partial charge is 0.336 e. The normalized spacial score (nSPS) is 10.6. The summed E-state index contributed by atoms with van der Waals surface area (Å²) in [7, 11) is 0. The van der Waals surface area contributed by atoms with Gasteiger partial charge in [-0.2, -0.15) is 0 Å². The van der Waals surface area contributed by atoms with E-state index in [0.29, 0.717) is 21.9 Å². The number of carbonyl (C=O) groups is 1. The number of carbonyl (C=O) groups excluding carboxylic acids is 1. The van der Waals surface area contributed by atoms with Crippen molar-refractivity contribution in [2.24, 2.45) is 0 Å². The van der Waals surface area contributed by atoms with Crippen molar-refractivity contribution in [1.82, 2.24) is 0 Å². The summed E-state index contributed by atoms with van der Waals surface area (Å²) >= 11 is 6.01. The predicted molar refractivity (Wildman–Crippen MR) is 83.3 cm³/mol. The van der Waals surface area contributed by atoms with Crippen molar-refractivity contribution in [2.45, 2.75) is 6.42 Å². The van der Waals surface area contributed by atoms with Crippen LogP contribution in [0.5, 0.6) is 5.75 Å². The quantitative estimate of drug-likeness (QED) is 0.421. The molecular formula is C17H11ClO4. The summed E-state index contributed by atoms with van der Waals surface area (Å²) in [5.74, 6) is -0.121. The Hall–Kier alpha value is -2.59. The molecule has 0 aliphatic carbocycles. The zero-order chi connectivity index (χ0) is 15.5. The van der Waals surface area contributed by atoms with E-state index in [2.05, 4.69) is 0 Å². The number of rotatable bonds is 3. The van der Waals surface area contributed by atoms with Gasteiger partial charge in [-0.3, -0.25) is 4.79 Å². The van der Waals surface area contributed by atoms with Gasteiger partial charge in [0, 0.05) is 22.5 Å². The van der Waals surface area contributed by atoms with Crippen molar-refractivity contribution in [3.05, 3.63) is 75.6 Å². The highest BCUT2D eigenvalue weighted by molar-refractivity contribution is 6.31. The molecule has 1 heterocycles. The van der Waals surface area contributed by atoms with Gasteiger partial charge in [-0.15, -0.1) is 0 Å². The molecule has 0 saturated heterocycles. The fourth-order valence-corrected chi connectivity index (χ4v) is 2.27. The first-order valence-corrected chi connectivity index (χ1v) is 6.97. The van der Waals surface area contributed by atoms with E-state index in [4.69, 9.17) is 20.8 Å². The Balaban J connectivity index is 1.79. The first-order chi connectivity index (χ1) is 10.6. The van der Waals surface area contributed by atoms with Gasteiger partial charge >= 0.3 is 11.6 Å². The van der Waals surface area contributed by atoms with Gasteiger partial charge in [-0.25, -0.2) is 4.79 Å². The minimum atomic E-state index is -0.452. The van der Waals surface area contributed by atoms with E-state index < -0.39 is 11.6 Å². The molecule has 0 radical (unpaired) electrons. The second kappa shape index (κ2) is 6.03. The molecule has 0 aliphatic heterocycles. The standard InChI is InChI=1S/C17H11ClO4/c18-14-4-2-1-3-12(14)9-17(20)21-13-7-5-11-6-8-16(19)22-15(11)10-13/h1-8,10H,9H2. The Morgan fingerprint density at radius 2 is 1.86 bits per heavy atom. The molecule has 0 atom stereocenters. The van der Waals surface area contributed by atoms with Gasteiger partial charge in [0.25, 0.3) is 0 Å². The van der Waals surface area contributed by atoms with Crippen LogP contribution in [0.3, 0.4) is 0 Å². The fourth-order valence-electron chi connectivity index (χ4n) is 2.07. The molecule has 0 aliphatic rings. The van der Waals surface area contributed by atoms with Crippen LogP contribution in [0.1, 0.15) is 5.56 Å². The maximum atomic E-state index is 12.0. The van der Waals surface area contributed by atoms with Gasteiger partial charge in [0.2, 0.25) is 0 Å². The van der Waals surface area contributed by atoms with E-state index in [1.54, 1.807) is 42.5 Å². The SMILES string of the molecule is O=C(Cc1ccccc1Cl)Oc1ccc2ccc(=O)oc2c1. The third kappa shape index (κ3) is 3.18. The molecule has 0 bridgehead atoms. The van der Waals surface area contributed by atoms with Crippen LogP contribution in [0.4, 0.5) is 0 Å². The van der Waals surface area contributed by atoms with Crippen LogP contribution in [-0.4, -0.2) is 5.97 Å². The number of halogens is 1. The summed E-state index contributed by atoms with van der Waals surface area (Å²) in [6.07, 6.45) is 0.0659. The highest BCUT2D eigenvalue weighted by Crippen LogP contribution is 2.21. The van der Waals surface area contributed by atoms with Crippen molar-refractivity contribution in [1.29, 1.82) is 0 Å². The van der Waals surface area contributed by atoms with Crippen LogP contribution >= 0.6 is 11.6 Å². The number of esters is 1. The second-order valence-corrected chi connectivity index (χ2v) is 5.10. The second-order valence-electron chi connectivity index (χ2n) is 4.70.